The summed E-state index contributed by atoms with van der Waals surface area (Å²) in [6.45, 7) is 11.7. The van der Waals surface area contributed by atoms with E-state index in [0.29, 0.717) is 12.3 Å². The molecule has 0 aliphatic carbocycles. The Bertz CT molecular complexity index is 1480. The molecule has 1 unspecified atom stereocenters. The van der Waals surface area contributed by atoms with Gasteiger partial charge in [0.2, 0.25) is 0 Å². The first-order valence-electron chi connectivity index (χ1n) is 13.5. The predicted molar refractivity (Wildman–Crippen MR) is 162 cm³/mol. The summed E-state index contributed by atoms with van der Waals surface area (Å²) >= 11 is 0. The van der Waals surface area contributed by atoms with E-state index in [1.807, 2.05) is 53.4 Å². The lowest BCUT2D eigenvalue weighted by Gasteiger charge is -2.43. The lowest BCUT2D eigenvalue weighted by molar-refractivity contribution is 0.0725. The number of hydrogen-bond donors (Lipinski definition) is 0. The number of carbonyl (C=O) groups excluding carboxylic acids is 1. The van der Waals surface area contributed by atoms with E-state index in [-0.39, 0.29) is 17.0 Å². The lowest BCUT2D eigenvalue weighted by atomic mass is 9.83. The minimum Gasteiger partial charge on any atom is -0.414 e. The zero-order chi connectivity index (χ0) is 27.6. The maximum atomic E-state index is 14.5. The number of amides is 1. The fourth-order valence-corrected chi connectivity index (χ4v) is 5.87. The van der Waals surface area contributed by atoms with Crippen LogP contribution in [0.5, 0.6) is 0 Å². The molecule has 1 aromatic heterocycles. The molecule has 4 aromatic rings. The molecule has 2 heterocycles. The quantitative estimate of drug-likeness (QED) is 0.235. The fourth-order valence-electron chi connectivity index (χ4n) is 4.86. The molecule has 198 valence electrons. The van der Waals surface area contributed by atoms with Crippen molar-refractivity contribution in [2.24, 2.45) is 0 Å². The van der Waals surface area contributed by atoms with Crippen LogP contribution < -0.4 is 0 Å². The van der Waals surface area contributed by atoms with E-state index in [9.17, 15) is 4.79 Å². The molecule has 0 saturated carbocycles. The molecular weight excluding hydrogens is 496 g/mol. The largest absolute Gasteiger partial charge is 0.414 e. The van der Waals surface area contributed by atoms with Crippen molar-refractivity contribution in [2.75, 3.05) is 6.61 Å². The van der Waals surface area contributed by atoms with E-state index >= 15 is 0 Å². The molecule has 1 amide bonds. The van der Waals surface area contributed by atoms with Crippen molar-refractivity contribution in [1.29, 1.82) is 0 Å². The van der Waals surface area contributed by atoms with Gasteiger partial charge in [-0.15, -0.1) is 0 Å². The summed E-state index contributed by atoms with van der Waals surface area (Å²) in [4.78, 5) is 20.9. The molecule has 3 aromatic carbocycles. The second-order valence-corrected chi connectivity index (χ2v) is 16.3. The zero-order valence-electron chi connectivity index (χ0n) is 23.4. The Labute approximate surface area is 233 Å². The fraction of sp³-hybridized carbons (Fsp3) is 0.235. The summed E-state index contributed by atoms with van der Waals surface area (Å²) in [6.07, 6.45) is 1.68. The molecule has 1 aliphatic heterocycles. The normalized spacial score (nSPS) is 15.7. The van der Waals surface area contributed by atoms with Gasteiger partial charge in [-0.2, -0.15) is 0 Å². The maximum absolute atomic E-state index is 14.5. The van der Waals surface area contributed by atoms with Gasteiger partial charge in [0.25, 0.3) is 5.91 Å². The van der Waals surface area contributed by atoms with Crippen LogP contribution in [0.1, 0.15) is 59.6 Å². The highest BCUT2D eigenvalue weighted by atomic mass is 28.4. The van der Waals surface area contributed by atoms with Crippen LogP contribution in [0.3, 0.4) is 0 Å². The molecule has 1 aliphatic rings. The molecule has 1 atom stereocenters. The SMILES string of the molecule is CC(C)(C)[Si](C)(C)OCC1c2ccccc2C(c2ccccc2)=C(c2ccccc2)N1C(=O)c1ccccn1. The molecule has 0 spiro atoms. The highest BCUT2D eigenvalue weighted by molar-refractivity contribution is 6.74. The Balaban J connectivity index is 1.79. The number of aromatic nitrogens is 1. The Kier molecular flexibility index (Phi) is 7.39. The van der Waals surface area contributed by atoms with Gasteiger partial charge >= 0.3 is 0 Å². The molecule has 0 saturated heterocycles. The average molecular weight is 533 g/mol. The van der Waals surface area contributed by atoms with Crippen molar-refractivity contribution in [1.82, 2.24) is 9.88 Å². The van der Waals surface area contributed by atoms with Crippen molar-refractivity contribution in [3.05, 3.63) is 137 Å². The lowest BCUT2D eigenvalue weighted by Crippen LogP contribution is -2.45. The molecule has 0 fully saturated rings. The van der Waals surface area contributed by atoms with E-state index in [2.05, 4.69) is 87.4 Å². The molecule has 39 heavy (non-hydrogen) atoms. The summed E-state index contributed by atoms with van der Waals surface area (Å²) in [6, 6.07) is 34.2. The Morgan fingerprint density at radius 2 is 1.41 bits per heavy atom. The number of carbonyl (C=O) groups is 1. The number of hydrogen-bond acceptors (Lipinski definition) is 3. The van der Waals surface area contributed by atoms with Crippen LogP contribution in [0, 0.1) is 0 Å². The van der Waals surface area contributed by atoms with E-state index < -0.39 is 8.32 Å². The van der Waals surface area contributed by atoms with Crippen molar-refractivity contribution in [3.63, 3.8) is 0 Å². The molecular formula is C34H36N2O2Si. The smallest absolute Gasteiger partial charge is 0.277 e. The molecule has 4 nitrogen and oxygen atoms in total. The van der Waals surface area contributed by atoms with Crippen LogP contribution in [0.25, 0.3) is 11.3 Å². The molecule has 5 heteroatoms. The number of benzene rings is 3. The third kappa shape index (κ3) is 5.25. The number of pyridine rings is 1. The van der Waals surface area contributed by atoms with Crippen LogP contribution >= 0.6 is 0 Å². The maximum Gasteiger partial charge on any atom is 0.277 e. The van der Waals surface area contributed by atoms with Gasteiger partial charge in [-0.25, -0.2) is 0 Å². The van der Waals surface area contributed by atoms with Crippen molar-refractivity contribution >= 4 is 25.5 Å². The van der Waals surface area contributed by atoms with Gasteiger partial charge in [0.05, 0.1) is 18.3 Å². The van der Waals surface area contributed by atoms with Crippen LogP contribution in [0.15, 0.2) is 109 Å². The molecule has 0 radical (unpaired) electrons. The third-order valence-electron chi connectivity index (χ3n) is 8.00. The summed E-state index contributed by atoms with van der Waals surface area (Å²) in [5.41, 5.74) is 6.56. The monoisotopic (exact) mass is 532 g/mol. The van der Waals surface area contributed by atoms with E-state index in [1.165, 1.54) is 0 Å². The van der Waals surface area contributed by atoms with Gasteiger partial charge in [-0.1, -0.05) is 112 Å². The molecule has 0 N–H and O–H groups in total. The molecule has 5 rings (SSSR count). The molecule has 0 bridgehead atoms. The second kappa shape index (κ2) is 10.8. The standard InChI is InChI=1S/C34H36N2O2Si/c1-34(2,3)39(4,5)38-24-30-27-20-12-13-21-28(27)31(25-16-8-6-9-17-25)32(26-18-10-7-11-19-26)36(30)33(37)29-22-14-15-23-35-29/h6-23,30H,24H2,1-5H3. The summed E-state index contributed by atoms with van der Waals surface area (Å²) in [5, 5.41) is 0.0459. The first-order chi connectivity index (χ1) is 18.7. The average Bonchev–Trinajstić information content (AvgIpc) is 2.95. The minimum atomic E-state index is -2.11. The van der Waals surface area contributed by atoms with Gasteiger partial charge in [-0.05, 0) is 52.5 Å². The van der Waals surface area contributed by atoms with Gasteiger partial charge in [0.1, 0.15) is 5.69 Å². The minimum absolute atomic E-state index is 0.0459. The van der Waals surface area contributed by atoms with E-state index in [4.69, 9.17) is 4.43 Å². The predicted octanol–water partition coefficient (Wildman–Crippen LogP) is 8.22. The number of rotatable bonds is 6. The van der Waals surface area contributed by atoms with E-state index in [0.717, 1.165) is 33.5 Å². The first kappa shape index (κ1) is 26.8. The Morgan fingerprint density at radius 1 is 0.821 bits per heavy atom. The summed E-state index contributed by atoms with van der Waals surface area (Å²) in [5.74, 6) is -0.138. The topological polar surface area (TPSA) is 42.4 Å². The van der Waals surface area contributed by atoms with Gasteiger partial charge in [0.15, 0.2) is 8.32 Å². The Hall–Kier alpha value is -3.80. The highest BCUT2D eigenvalue weighted by Crippen LogP contribution is 2.47. The van der Waals surface area contributed by atoms with Gasteiger partial charge in [0, 0.05) is 11.8 Å². The van der Waals surface area contributed by atoms with Gasteiger partial charge < -0.3 is 4.43 Å². The summed E-state index contributed by atoms with van der Waals surface area (Å²) in [7, 11) is -2.11. The van der Waals surface area contributed by atoms with Crippen LogP contribution in [0.4, 0.5) is 0 Å². The van der Waals surface area contributed by atoms with Crippen LogP contribution in [-0.4, -0.2) is 30.7 Å². The number of fused-ring (bicyclic) bond motifs is 1. The van der Waals surface area contributed by atoms with Crippen molar-refractivity contribution < 1.29 is 9.22 Å². The van der Waals surface area contributed by atoms with E-state index in [1.54, 1.807) is 12.3 Å². The van der Waals surface area contributed by atoms with Crippen molar-refractivity contribution in [3.8, 4) is 0 Å². The highest BCUT2D eigenvalue weighted by Gasteiger charge is 2.42. The zero-order valence-corrected chi connectivity index (χ0v) is 24.4. The number of nitrogens with zero attached hydrogens (tertiary/aromatic N) is 2. The Morgan fingerprint density at radius 3 is 2.03 bits per heavy atom. The summed E-state index contributed by atoms with van der Waals surface area (Å²) < 4.78 is 6.83. The second-order valence-electron chi connectivity index (χ2n) is 11.5. The van der Waals surface area contributed by atoms with Gasteiger partial charge in [-0.3, -0.25) is 14.7 Å². The van der Waals surface area contributed by atoms with Crippen molar-refractivity contribution in [2.45, 2.75) is 44.9 Å². The van der Waals surface area contributed by atoms with Crippen LogP contribution in [-0.2, 0) is 4.43 Å². The third-order valence-corrected chi connectivity index (χ3v) is 12.5. The van der Waals surface area contributed by atoms with Crippen LogP contribution in [0.2, 0.25) is 18.1 Å². The first-order valence-corrected chi connectivity index (χ1v) is 16.4.